The molecule has 0 fully saturated rings. The third kappa shape index (κ3) is 2.54. The van der Waals surface area contributed by atoms with E-state index in [1.807, 2.05) is 13.0 Å². The van der Waals surface area contributed by atoms with Crippen molar-refractivity contribution in [2.75, 3.05) is 0 Å². The second-order valence-corrected chi connectivity index (χ2v) is 2.41. The summed E-state index contributed by atoms with van der Waals surface area (Å²) in [5.41, 5.74) is 1.67. The van der Waals surface area contributed by atoms with Gasteiger partial charge in [0.05, 0.1) is 11.7 Å². The maximum Gasteiger partial charge on any atom is 0.0643 e. The van der Waals surface area contributed by atoms with Gasteiger partial charge in [-0.05, 0) is 36.8 Å². The molecule has 0 saturated heterocycles. The van der Waals surface area contributed by atoms with E-state index in [4.69, 9.17) is 0 Å². The lowest BCUT2D eigenvalue weighted by atomic mass is 10.2. The number of carbonyl (C=O) groups excluding carboxylic acids is 1. The molecule has 0 amide bonds. The average molecular weight is 162 g/mol. The number of aryl methyl sites for hydroxylation is 1. The first-order valence-corrected chi connectivity index (χ1v) is 3.50. The van der Waals surface area contributed by atoms with Crippen LogP contribution in [-0.4, -0.2) is 11.0 Å². The average Bonchev–Trinajstić information content (AvgIpc) is 2.01. The zero-order valence-corrected chi connectivity index (χ0v) is 6.65. The highest BCUT2D eigenvalue weighted by molar-refractivity contribution is 5.83. The molecule has 1 heterocycles. The van der Waals surface area contributed by atoms with Gasteiger partial charge in [-0.3, -0.25) is 4.98 Å². The minimum atomic E-state index is -1.21. The van der Waals surface area contributed by atoms with Gasteiger partial charge < -0.3 is 9.90 Å². The summed E-state index contributed by atoms with van der Waals surface area (Å²) in [6.07, 6.45) is 3.99. The molecule has 0 radical (unpaired) electrons. The van der Waals surface area contributed by atoms with Gasteiger partial charge in [-0.1, -0.05) is 0 Å². The molecule has 12 heavy (non-hydrogen) atoms. The van der Waals surface area contributed by atoms with E-state index in [1.165, 1.54) is 6.08 Å². The lowest BCUT2D eigenvalue weighted by Gasteiger charge is -1.94. The Balaban J connectivity index is 2.83. The van der Waals surface area contributed by atoms with Gasteiger partial charge in [0.1, 0.15) is 0 Å². The number of carboxylic acids is 1. The van der Waals surface area contributed by atoms with Gasteiger partial charge in [0.25, 0.3) is 0 Å². The van der Waals surface area contributed by atoms with Crippen molar-refractivity contribution in [3.8, 4) is 0 Å². The first kappa shape index (κ1) is 8.46. The van der Waals surface area contributed by atoms with Crippen molar-refractivity contribution in [1.82, 2.24) is 4.98 Å². The molecule has 1 rings (SSSR count). The van der Waals surface area contributed by atoms with Crippen LogP contribution in [0, 0.1) is 6.92 Å². The van der Waals surface area contributed by atoms with E-state index in [-0.39, 0.29) is 0 Å². The highest BCUT2D eigenvalue weighted by atomic mass is 16.4. The smallest absolute Gasteiger partial charge is 0.0643 e. The van der Waals surface area contributed by atoms with Gasteiger partial charge in [-0.25, -0.2) is 0 Å². The third-order valence-electron chi connectivity index (χ3n) is 1.33. The van der Waals surface area contributed by atoms with Crippen LogP contribution < -0.4 is 5.11 Å². The molecule has 0 aliphatic carbocycles. The Hall–Kier alpha value is -1.64. The molecule has 0 saturated carbocycles. The van der Waals surface area contributed by atoms with Gasteiger partial charge in [-0.15, -0.1) is 0 Å². The molecule has 3 heteroatoms. The predicted molar refractivity (Wildman–Crippen MR) is 43.0 cm³/mol. The van der Waals surface area contributed by atoms with Gasteiger partial charge in [0, 0.05) is 6.20 Å². The Kier molecular flexibility index (Phi) is 2.58. The van der Waals surface area contributed by atoms with Crippen LogP contribution in [0.2, 0.25) is 0 Å². The monoisotopic (exact) mass is 162 g/mol. The number of rotatable bonds is 2. The van der Waals surface area contributed by atoms with Crippen LogP contribution in [-0.2, 0) is 4.79 Å². The van der Waals surface area contributed by atoms with Crippen molar-refractivity contribution >= 4 is 12.0 Å². The Morgan fingerprint density at radius 1 is 1.67 bits per heavy atom. The zero-order chi connectivity index (χ0) is 8.97. The van der Waals surface area contributed by atoms with Crippen molar-refractivity contribution in [3.05, 3.63) is 35.7 Å². The van der Waals surface area contributed by atoms with Crippen LogP contribution in [0.1, 0.15) is 11.3 Å². The fraction of sp³-hybridized carbons (Fsp3) is 0.111. The minimum absolute atomic E-state index is 0.624. The number of carboxylic acid groups (broad SMARTS) is 1. The molecule has 0 spiro atoms. The minimum Gasteiger partial charge on any atom is -0.545 e. The largest absolute Gasteiger partial charge is 0.545 e. The van der Waals surface area contributed by atoms with E-state index >= 15 is 0 Å². The van der Waals surface area contributed by atoms with Gasteiger partial charge in [0.15, 0.2) is 0 Å². The maximum atomic E-state index is 10.0. The van der Waals surface area contributed by atoms with Crippen molar-refractivity contribution < 1.29 is 9.90 Å². The number of aromatic nitrogens is 1. The second-order valence-electron chi connectivity index (χ2n) is 2.41. The Morgan fingerprint density at radius 3 is 3.00 bits per heavy atom. The molecule has 0 aliphatic heterocycles. The van der Waals surface area contributed by atoms with Crippen LogP contribution in [0.25, 0.3) is 6.08 Å². The molecule has 62 valence electrons. The highest BCUT2D eigenvalue weighted by Gasteiger charge is 1.87. The second kappa shape index (κ2) is 3.67. The normalized spacial score (nSPS) is 10.4. The predicted octanol–water partition coefficient (Wildman–Crippen LogP) is 0.153. The van der Waals surface area contributed by atoms with E-state index < -0.39 is 5.97 Å². The number of aliphatic carboxylic acids is 1. The summed E-state index contributed by atoms with van der Waals surface area (Å²) in [6.45, 7) is 1.91. The summed E-state index contributed by atoms with van der Waals surface area (Å²) in [5.74, 6) is -1.21. The number of pyridine rings is 1. The van der Waals surface area contributed by atoms with E-state index in [2.05, 4.69) is 4.98 Å². The fourth-order valence-corrected chi connectivity index (χ4v) is 0.804. The van der Waals surface area contributed by atoms with Gasteiger partial charge in [0.2, 0.25) is 0 Å². The molecule has 0 aliphatic rings. The summed E-state index contributed by atoms with van der Waals surface area (Å²) in [6, 6.07) is 3.63. The molecule has 1 aromatic rings. The van der Waals surface area contributed by atoms with Gasteiger partial charge >= 0.3 is 0 Å². The molecule has 0 atom stereocenters. The Bertz CT molecular complexity index is 318. The van der Waals surface area contributed by atoms with Crippen LogP contribution in [0.4, 0.5) is 0 Å². The van der Waals surface area contributed by atoms with E-state index in [9.17, 15) is 9.90 Å². The molecule has 1 aromatic heterocycles. The number of carbonyl (C=O) groups is 1. The van der Waals surface area contributed by atoms with Crippen LogP contribution in [0.3, 0.4) is 0 Å². The van der Waals surface area contributed by atoms with Crippen LogP contribution in [0.15, 0.2) is 24.4 Å². The van der Waals surface area contributed by atoms with Crippen molar-refractivity contribution in [2.45, 2.75) is 6.92 Å². The van der Waals surface area contributed by atoms with E-state index in [0.717, 1.165) is 11.6 Å². The number of hydrogen-bond donors (Lipinski definition) is 0. The molecule has 0 aromatic carbocycles. The Labute approximate surface area is 70.4 Å². The molecular weight excluding hydrogens is 154 g/mol. The molecule has 0 bridgehead atoms. The van der Waals surface area contributed by atoms with Crippen molar-refractivity contribution in [1.29, 1.82) is 0 Å². The highest BCUT2D eigenvalue weighted by Crippen LogP contribution is 2.00. The summed E-state index contributed by atoms with van der Waals surface area (Å²) >= 11 is 0. The SMILES string of the molecule is Cc1ccnc(/C=C/C(=O)[O-])c1. The van der Waals surface area contributed by atoms with Crippen LogP contribution in [0.5, 0.6) is 0 Å². The van der Waals surface area contributed by atoms with Crippen LogP contribution >= 0.6 is 0 Å². The maximum absolute atomic E-state index is 10.0. The van der Waals surface area contributed by atoms with Gasteiger partial charge in [-0.2, -0.15) is 0 Å². The lowest BCUT2D eigenvalue weighted by molar-refractivity contribution is -0.297. The summed E-state index contributed by atoms with van der Waals surface area (Å²) in [4.78, 5) is 14.0. The third-order valence-corrected chi connectivity index (χ3v) is 1.33. The summed E-state index contributed by atoms with van der Waals surface area (Å²) in [7, 11) is 0. The fourth-order valence-electron chi connectivity index (χ4n) is 0.804. The molecular formula is C9H8NO2-. The number of nitrogens with zero attached hydrogens (tertiary/aromatic N) is 1. The quantitative estimate of drug-likeness (QED) is 0.582. The van der Waals surface area contributed by atoms with Crippen molar-refractivity contribution in [2.24, 2.45) is 0 Å². The molecule has 0 unspecified atom stereocenters. The summed E-state index contributed by atoms with van der Waals surface area (Å²) in [5, 5.41) is 10.0. The van der Waals surface area contributed by atoms with Crippen molar-refractivity contribution in [3.63, 3.8) is 0 Å². The first-order chi connectivity index (χ1) is 5.68. The molecule has 0 N–H and O–H groups in total. The van der Waals surface area contributed by atoms with E-state index in [1.54, 1.807) is 12.3 Å². The molecule has 3 nitrogen and oxygen atoms in total. The van der Waals surface area contributed by atoms with E-state index in [0.29, 0.717) is 5.69 Å². The zero-order valence-electron chi connectivity index (χ0n) is 6.65. The first-order valence-electron chi connectivity index (χ1n) is 3.50. The standard InChI is InChI=1S/C9H9NO2/c1-7-4-5-10-8(6-7)2-3-9(11)12/h2-6H,1H3,(H,11,12)/p-1/b3-2+. The lowest BCUT2D eigenvalue weighted by Crippen LogP contribution is -2.18. The topological polar surface area (TPSA) is 53.0 Å². The number of hydrogen-bond acceptors (Lipinski definition) is 3. The summed E-state index contributed by atoms with van der Waals surface area (Å²) < 4.78 is 0. The Morgan fingerprint density at radius 2 is 2.42 bits per heavy atom.